The standard InChI is InChI=1S/C63H47BN4O2/c1-61(2)62(3,4)70-64(69-61)52-32-20-31-51-58(52)47-26-12-14-29-49(47)63(51)48-28-13-11-25-46(48)57-45(27-19-30-50(57)63)40-37-41(59-65-53-33-15-17-35-55(53)67(59)43-21-7-5-8-22-43)39-42(38-40)60-66-54-34-16-18-36-56(54)68(60)44-23-9-6-10-24-44/h5-39H,1-4H3. The number of fused-ring (bicyclic) bond motifs is 12. The van der Waals surface area contributed by atoms with Crippen LogP contribution >= 0.6 is 0 Å². The summed E-state index contributed by atoms with van der Waals surface area (Å²) in [6, 6.07) is 76.7. The largest absolute Gasteiger partial charge is 0.495 e. The molecule has 1 unspecified atom stereocenters. The Balaban J connectivity index is 1.06. The fraction of sp³-hybridized carbons (Fsp3) is 0.111. The molecule has 1 spiro atoms. The van der Waals surface area contributed by atoms with Gasteiger partial charge in [-0.05, 0) is 156 Å². The van der Waals surface area contributed by atoms with Crippen molar-refractivity contribution < 1.29 is 9.31 Å². The summed E-state index contributed by atoms with van der Waals surface area (Å²) in [5, 5.41) is 0. The maximum atomic E-state index is 6.83. The molecular formula is C63H47BN4O2. The van der Waals surface area contributed by atoms with E-state index in [1.54, 1.807) is 0 Å². The van der Waals surface area contributed by atoms with Gasteiger partial charge in [-0.2, -0.15) is 0 Å². The second-order valence-electron chi connectivity index (χ2n) is 19.9. The monoisotopic (exact) mass is 902 g/mol. The van der Waals surface area contributed by atoms with Crippen LogP contribution in [0.25, 0.3) is 89.6 Å². The highest BCUT2D eigenvalue weighted by molar-refractivity contribution is 6.64. The minimum Gasteiger partial charge on any atom is -0.399 e. The minimum absolute atomic E-state index is 0.485. The Morgan fingerprint density at radius 3 is 1.36 bits per heavy atom. The van der Waals surface area contributed by atoms with Crippen molar-refractivity contribution in [2.24, 2.45) is 0 Å². The van der Waals surface area contributed by atoms with Crippen molar-refractivity contribution in [3.8, 4) is 67.5 Å². The number of hydrogen-bond donors (Lipinski definition) is 0. The topological polar surface area (TPSA) is 54.1 Å². The van der Waals surface area contributed by atoms with Crippen molar-refractivity contribution in [1.82, 2.24) is 19.1 Å². The molecule has 1 saturated heterocycles. The second kappa shape index (κ2) is 15.0. The number of benzene rings is 9. The molecule has 3 heterocycles. The Kier molecular flexibility index (Phi) is 8.74. The zero-order chi connectivity index (χ0) is 46.9. The first-order valence-electron chi connectivity index (χ1n) is 24.3. The summed E-state index contributed by atoms with van der Waals surface area (Å²) in [5.74, 6) is 1.72. The fourth-order valence-electron chi connectivity index (χ4n) is 11.8. The van der Waals surface area contributed by atoms with Crippen LogP contribution < -0.4 is 5.46 Å². The summed E-state index contributed by atoms with van der Waals surface area (Å²) in [6.07, 6.45) is 0. The zero-order valence-corrected chi connectivity index (χ0v) is 39.4. The van der Waals surface area contributed by atoms with Crippen molar-refractivity contribution in [3.63, 3.8) is 0 Å². The number of para-hydroxylation sites is 6. The van der Waals surface area contributed by atoms with Crippen molar-refractivity contribution in [3.05, 3.63) is 235 Å². The molecule has 0 saturated carbocycles. The third-order valence-electron chi connectivity index (χ3n) is 15.6. The highest BCUT2D eigenvalue weighted by atomic mass is 16.7. The van der Waals surface area contributed by atoms with E-state index in [-0.39, 0.29) is 0 Å². The smallest absolute Gasteiger partial charge is 0.399 e. The first-order chi connectivity index (χ1) is 34.2. The van der Waals surface area contributed by atoms with Crippen LogP contribution in [0.15, 0.2) is 212 Å². The minimum atomic E-state index is -0.601. The van der Waals surface area contributed by atoms with Gasteiger partial charge in [0.15, 0.2) is 0 Å². The Bertz CT molecular complexity index is 3780. The molecule has 0 amide bonds. The van der Waals surface area contributed by atoms with Gasteiger partial charge in [0, 0.05) is 22.5 Å². The van der Waals surface area contributed by atoms with Crippen LogP contribution in [-0.2, 0) is 14.7 Å². The SMILES string of the molecule is CC1(C)OB(c2cccc3c2-c2ccccc2C32c3ccccc3-c3c(-c4cc(-c5nc6ccccc6n5-c5ccccc5)cc(-c5nc6ccccc6n5-c5ccccc5)c4)cccc32)OC1(C)C. The molecule has 3 aliphatic rings. The van der Waals surface area contributed by atoms with Crippen molar-refractivity contribution in [2.45, 2.75) is 44.3 Å². The summed E-state index contributed by atoms with van der Waals surface area (Å²) in [6.45, 7) is 8.52. The first-order valence-corrected chi connectivity index (χ1v) is 24.3. The van der Waals surface area contributed by atoms with Crippen LogP contribution in [0.4, 0.5) is 0 Å². The Labute approximate surface area is 407 Å². The predicted molar refractivity (Wildman–Crippen MR) is 284 cm³/mol. The lowest BCUT2D eigenvalue weighted by molar-refractivity contribution is 0.00578. The summed E-state index contributed by atoms with van der Waals surface area (Å²) in [5.41, 5.74) is 19.6. The molecule has 1 aliphatic heterocycles. The van der Waals surface area contributed by atoms with E-state index in [1.807, 2.05) is 0 Å². The normalized spacial score (nSPS) is 17.0. The van der Waals surface area contributed by atoms with Crippen LogP contribution in [0.5, 0.6) is 0 Å². The van der Waals surface area contributed by atoms with Gasteiger partial charge in [0.2, 0.25) is 0 Å². The Morgan fingerprint density at radius 1 is 0.386 bits per heavy atom. The van der Waals surface area contributed by atoms with E-state index in [9.17, 15) is 0 Å². The van der Waals surface area contributed by atoms with Gasteiger partial charge in [0.1, 0.15) is 11.6 Å². The van der Waals surface area contributed by atoms with Gasteiger partial charge in [-0.3, -0.25) is 9.13 Å². The lowest BCUT2D eigenvalue weighted by atomic mass is 9.68. The third kappa shape index (κ3) is 5.70. The quantitative estimate of drug-likeness (QED) is 0.156. The molecule has 7 heteroatoms. The molecule has 334 valence electrons. The first kappa shape index (κ1) is 40.9. The number of aromatic nitrogens is 4. The number of hydrogen-bond acceptors (Lipinski definition) is 4. The number of rotatable bonds is 6. The van der Waals surface area contributed by atoms with Crippen molar-refractivity contribution in [1.29, 1.82) is 0 Å². The summed E-state index contributed by atoms with van der Waals surface area (Å²) in [4.78, 5) is 10.9. The second-order valence-corrected chi connectivity index (χ2v) is 19.9. The van der Waals surface area contributed by atoms with E-state index in [1.165, 1.54) is 44.5 Å². The predicted octanol–water partition coefficient (Wildman–Crippen LogP) is 14.0. The van der Waals surface area contributed by atoms with Gasteiger partial charge in [-0.15, -0.1) is 0 Å². The van der Waals surface area contributed by atoms with E-state index in [4.69, 9.17) is 19.3 Å². The molecule has 2 aromatic heterocycles. The van der Waals surface area contributed by atoms with Crippen LogP contribution in [0.3, 0.4) is 0 Å². The Hall–Kier alpha value is -8.10. The van der Waals surface area contributed by atoms with Crippen molar-refractivity contribution >= 4 is 34.6 Å². The number of nitrogens with zero attached hydrogens (tertiary/aromatic N) is 4. The average Bonchev–Trinajstić information content (AvgIpc) is 4.18. The molecule has 1 fully saturated rings. The summed E-state index contributed by atoms with van der Waals surface area (Å²) >= 11 is 0. The number of imidazole rings is 2. The maximum Gasteiger partial charge on any atom is 0.495 e. The zero-order valence-electron chi connectivity index (χ0n) is 39.4. The summed E-state index contributed by atoms with van der Waals surface area (Å²) in [7, 11) is -0.521. The van der Waals surface area contributed by atoms with Crippen molar-refractivity contribution in [2.75, 3.05) is 0 Å². The molecule has 2 aliphatic carbocycles. The molecule has 0 radical (unpaired) electrons. The molecule has 9 aromatic carbocycles. The fourth-order valence-corrected chi connectivity index (χ4v) is 11.8. The maximum absolute atomic E-state index is 6.83. The van der Waals surface area contributed by atoms with E-state index in [0.717, 1.165) is 72.8 Å². The molecule has 0 N–H and O–H groups in total. The van der Waals surface area contributed by atoms with Crippen LogP contribution in [0.1, 0.15) is 49.9 Å². The highest BCUT2D eigenvalue weighted by Gasteiger charge is 2.56. The highest BCUT2D eigenvalue weighted by Crippen LogP contribution is 2.64. The van der Waals surface area contributed by atoms with Gasteiger partial charge >= 0.3 is 7.12 Å². The lowest BCUT2D eigenvalue weighted by Gasteiger charge is -2.32. The third-order valence-corrected chi connectivity index (χ3v) is 15.6. The van der Waals surface area contributed by atoms with Gasteiger partial charge in [-0.25, -0.2) is 9.97 Å². The molecule has 0 bridgehead atoms. The van der Waals surface area contributed by atoms with Gasteiger partial charge in [0.25, 0.3) is 0 Å². The van der Waals surface area contributed by atoms with Gasteiger partial charge in [-0.1, -0.05) is 146 Å². The van der Waals surface area contributed by atoms with E-state index < -0.39 is 23.7 Å². The molecule has 11 aromatic rings. The van der Waals surface area contributed by atoms with E-state index in [2.05, 4.69) is 249 Å². The summed E-state index contributed by atoms with van der Waals surface area (Å²) < 4.78 is 18.2. The van der Waals surface area contributed by atoms with Crippen LogP contribution in [0, 0.1) is 0 Å². The average molecular weight is 903 g/mol. The Morgan fingerprint density at radius 2 is 0.800 bits per heavy atom. The van der Waals surface area contributed by atoms with Crippen LogP contribution in [0.2, 0.25) is 0 Å². The van der Waals surface area contributed by atoms with Crippen LogP contribution in [-0.4, -0.2) is 37.4 Å². The molecule has 6 nitrogen and oxygen atoms in total. The molecule has 14 rings (SSSR count). The lowest BCUT2D eigenvalue weighted by Crippen LogP contribution is -2.41. The molecular weight excluding hydrogens is 856 g/mol. The molecule has 1 atom stereocenters. The molecule has 70 heavy (non-hydrogen) atoms. The van der Waals surface area contributed by atoms with E-state index >= 15 is 0 Å². The van der Waals surface area contributed by atoms with Gasteiger partial charge in [0.05, 0.1) is 38.7 Å². The van der Waals surface area contributed by atoms with E-state index in [0.29, 0.717) is 0 Å². The van der Waals surface area contributed by atoms with Gasteiger partial charge < -0.3 is 9.31 Å².